The highest BCUT2D eigenvalue weighted by atomic mass is 19.1. The number of carboxylic acids is 1. The summed E-state index contributed by atoms with van der Waals surface area (Å²) < 4.78 is 13.9. The lowest BCUT2D eigenvalue weighted by molar-refractivity contribution is -0.306. The van der Waals surface area contributed by atoms with Crippen LogP contribution in [-0.4, -0.2) is 41.9 Å². The Morgan fingerprint density at radius 2 is 1.67 bits per heavy atom. The van der Waals surface area contributed by atoms with Gasteiger partial charge in [0.25, 0.3) is 5.56 Å². The summed E-state index contributed by atoms with van der Waals surface area (Å²) in [6.07, 6.45) is 0. The Balaban J connectivity index is 1.69. The summed E-state index contributed by atoms with van der Waals surface area (Å²) in [6, 6.07) is 9.23. The van der Waals surface area contributed by atoms with Gasteiger partial charge in [0.1, 0.15) is 11.6 Å². The van der Waals surface area contributed by atoms with Crippen LogP contribution in [0.3, 0.4) is 0 Å². The second kappa shape index (κ2) is 6.69. The lowest BCUT2D eigenvalue weighted by atomic mass is 10.2. The topological polar surface area (TPSA) is 81.5 Å². The van der Waals surface area contributed by atoms with Crippen molar-refractivity contribution < 1.29 is 14.3 Å². The van der Waals surface area contributed by atoms with E-state index in [2.05, 4.69) is 10.00 Å². The lowest BCUT2D eigenvalue weighted by Gasteiger charge is -2.36. The van der Waals surface area contributed by atoms with E-state index in [9.17, 15) is 19.1 Å². The zero-order chi connectivity index (χ0) is 17.1. The number of carboxylic acid groups (broad SMARTS) is 1. The fourth-order valence-corrected chi connectivity index (χ4v) is 2.69. The van der Waals surface area contributed by atoms with Gasteiger partial charge >= 0.3 is 0 Å². The number of benzene rings is 1. The maximum Gasteiger partial charge on any atom is 0.267 e. The van der Waals surface area contributed by atoms with Crippen molar-refractivity contribution in [1.29, 1.82) is 0 Å². The Morgan fingerprint density at radius 3 is 2.29 bits per heavy atom. The third-order valence-electron chi connectivity index (χ3n) is 3.93. The molecule has 0 amide bonds. The number of aliphatic carboxylic acids is 1. The quantitative estimate of drug-likeness (QED) is 0.748. The minimum Gasteiger partial charge on any atom is -0.548 e. The van der Waals surface area contributed by atoms with Crippen LogP contribution in [-0.2, 0) is 11.3 Å². The van der Waals surface area contributed by atoms with Crippen molar-refractivity contribution in [3.8, 4) is 0 Å². The van der Waals surface area contributed by atoms with Crippen LogP contribution in [0.15, 0.2) is 41.2 Å². The third kappa shape index (κ3) is 3.53. The minimum absolute atomic E-state index is 0.267. The summed E-state index contributed by atoms with van der Waals surface area (Å²) >= 11 is 0. The minimum atomic E-state index is -1.36. The largest absolute Gasteiger partial charge is 0.548 e. The molecular formula is C16H16FN4O3-. The fourth-order valence-electron chi connectivity index (χ4n) is 2.69. The molecule has 1 aromatic carbocycles. The van der Waals surface area contributed by atoms with Crippen LogP contribution in [0, 0.1) is 5.82 Å². The Bertz CT molecular complexity index is 783. The van der Waals surface area contributed by atoms with Crippen molar-refractivity contribution in [2.45, 2.75) is 6.54 Å². The van der Waals surface area contributed by atoms with Gasteiger partial charge in [-0.25, -0.2) is 9.07 Å². The van der Waals surface area contributed by atoms with E-state index in [0.717, 1.165) is 10.4 Å². The van der Waals surface area contributed by atoms with Crippen molar-refractivity contribution in [2.24, 2.45) is 0 Å². The van der Waals surface area contributed by atoms with Crippen molar-refractivity contribution in [3.63, 3.8) is 0 Å². The molecule has 7 nitrogen and oxygen atoms in total. The van der Waals surface area contributed by atoms with Crippen LogP contribution in [0.4, 0.5) is 15.9 Å². The highest BCUT2D eigenvalue weighted by molar-refractivity contribution is 5.63. The first-order chi connectivity index (χ1) is 11.5. The predicted octanol–water partition coefficient (Wildman–Crippen LogP) is -0.541. The Morgan fingerprint density at radius 1 is 1.04 bits per heavy atom. The van der Waals surface area contributed by atoms with E-state index >= 15 is 0 Å². The van der Waals surface area contributed by atoms with Gasteiger partial charge in [-0.3, -0.25) is 4.79 Å². The van der Waals surface area contributed by atoms with Crippen molar-refractivity contribution in [3.05, 3.63) is 52.6 Å². The zero-order valence-electron chi connectivity index (χ0n) is 12.9. The second-order valence-corrected chi connectivity index (χ2v) is 5.51. The molecule has 1 fully saturated rings. The van der Waals surface area contributed by atoms with Gasteiger partial charge in [0.05, 0.1) is 12.5 Å². The van der Waals surface area contributed by atoms with Crippen molar-refractivity contribution >= 4 is 17.5 Å². The number of halogens is 1. The molecule has 1 aromatic heterocycles. The van der Waals surface area contributed by atoms with E-state index in [0.29, 0.717) is 32.0 Å². The Kier molecular flexibility index (Phi) is 4.45. The smallest absolute Gasteiger partial charge is 0.267 e. The van der Waals surface area contributed by atoms with Gasteiger partial charge in [-0.2, -0.15) is 5.10 Å². The average Bonchev–Trinajstić information content (AvgIpc) is 2.57. The zero-order valence-corrected chi connectivity index (χ0v) is 12.9. The molecule has 0 aliphatic carbocycles. The molecule has 24 heavy (non-hydrogen) atoms. The lowest BCUT2D eigenvalue weighted by Crippen LogP contribution is -2.47. The van der Waals surface area contributed by atoms with Gasteiger partial charge in [0.2, 0.25) is 0 Å². The van der Waals surface area contributed by atoms with E-state index in [-0.39, 0.29) is 5.82 Å². The number of nitrogens with zero attached hydrogens (tertiary/aromatic N) is 4. The van der Waals surface area contributed by atoms with Crippen molar-refractivity contribution in [2.75, 3.05) is 36.0 Å². The van der Waals surface area contributed by atoms with Gasteiger partial charge in [-0.15, -0.1) is 0 Å². The molecule has 3 rings (SSSR count). The molecule has 126 valence electrons. The van der Waals surface area contributed by atoms with Crippen LogP contribution < -0.4 is 20.5 Å². The molecule has 0 unspecified atom stereocenters. The van der Waals surface area contributed by atoms with Gasteiger partial charge < -0.3 is 19.7 Å². The molecule has 1 aliphatic heterocycles. The molecule has 1 saturated heterocycles. The molecule has 2 heterocycles. The molecule has 0 spiro atoms. The predicted molar refractivity (Wildman–Crippen MR) is 84.3 cm³/mol. The molecule has 2 aromatic rings. The van der Waals surface area contributed by atoms with Crippen molar-refractivity contribution in [1.82, 2.24) is 9.78 Å². The highest BCUT2D eigenvalue weighted by Crippen LogP contribution is 2.19. The standard InChI is InChI=1S/C16H17FN4O3/c17-12-1-3-13(4-2-12)19-7-9-20(10-8-19)14-5-6-15(22)21(18-14)11-16(23)24/h1-6H,7-11H2,(H,23,24)/p-1. The highest BCUT2D eigenvalue weighted by Gasteiger charge is 2.19. The van der Waals surface area contributed by atoms with E-state index in [1.807, 2.05) is 4.90 Å². The van der Waals surface area contributed by atoms with E-state index in [4.69, 9.17) is 0 Å². The normalized spacial score (nSPS) is 14.7. The maximum absolute atomic E-state index is 13.0. The van der Waals surface area contributed by atoms with Gasteiger partial charge in [0, 0.05) is 37.9 Å². The first-order valence-corrected chi connectivity index (χ1v) is 7.56. The third-order valence-corrected chi connectivity index (χ3v) is 3.93. The molecule has 0 saturated carbocycles. The van der Waals surface area contributed by atoms with E-state index in [1.165, 1.54) is 18.2 Å². The molecule has 8 heteroatoms. The molecule has 0 N–H and O–H groups in total. The number of piperazine rings is 1. The summed E-state index contributed by atoms with van der Waals surface area (Å²) in [5.41, 5.74) is 0.471. The number of hydrogen-bond donors (Lipinski definition) is 0. The first kappa shape index (κ1) is 16.0. The average molecular weight is 331 g/mol. The van der Waals surface area contributed by atoms with Crippen LogP contribution in [0.5, 0.6) is 0 Å². The summed E-state index contributed by atoms with van der Waals surface area (Å²) in [4.78, 5) is 26.4. The summed E-state index contributed by atoms with van der Waals surface area (Å²) in [7, 11) is 0. The van der Waals surface area contributed by atoms with Crippen LogP contribution >= 0.6 is 0 Å². The maximum atomic E-state index is 13.0. The number of anilines is 2. The number of carbonyl (C=O) groups excluding carboxylic acids is 1. The molecule has 1 aliphatic rings. The van der Waals surface area contributed by atoms with Crippen LogP contribution in [0.2, 0.25) is 0 Å². The summed E-state index contributed by atoms with van der Waals surface area (Å²) in [6.45, 7) is 2.18. The first-order valence-electron chi connectivity index (χ1n) is 7.56. The number of rotatable bonds is 4. The van der Waals surface area contributed by atoms with Gasteiger partial charge in [0.15, 0.2) is 0 Å². The summed E-state index contributed by atoms with van der Waals surface area (Å²) in [5, 5.41) is 14.8. The Labute approximate surface area is 137 Å². The number of aromatic nitrogens is 2. The SMILES string of the molecule is O=C([O-])Cn1nc(N2CCN(c3ccc(F)cc3)CC2)ccc1=O. The molecule has 0 bridgehead atoms. The monoisotopic (exact) mass is 331 g/mol. The number of hydrogen-bond acceptors (Lipinski definition) is 6. The molecular weight excluding hydrogens is 315 g/mol. The molecule has 0 atom stereocenters. The Hall–Kier alpha value is -2.90. The second-order valence-electron chi connectivity index (χ2n) is 5.51. The van der Waals surface area contributed by atoms with Gasteiger partial charge in [-0.1, -0.05) is 0 Å². The van der Waals surface area contributed by atoms with Crippen LogP contribution in [0.25, 0.3) is 0 Å². The van der Waals surface area contributed by atoms with Gasteiger partial charge in [-0.05, 0) is 30.3 Å². The fraction of sp³-hybridized carbons (Fsp3) is 0.312. The van der Waals surface area contributed by atoms with Crippen LogP contribution in [0.1, 0.15) is 0 Å². The van der Waals surface area contributed by atoms with E-state index < -0.39 is 18.1 Å². The molecule has 0 radical (unpaired) electrons. The van der Waals surface area contributed by atoms with E-state index in [1.54, 1.807) is 18.2 Å². The summed E-state index contributed by atoms with van der Waals surface area (Å²) in [5.74, 6) is -1.07. The number of carbonyl (C=O) groups is 1.